The molecule has 0 atom stereocenters. The standard InChI is InChI=1S/C32H31ClF2N2O2S/c33-29-28-26(34)13-14-27(35)30(28)40-31(29)32(38)37(25-7-2-1-3-8-25)20-21-5-4-6-23(19-21)22-9-11-24(12-10-22)36-15-17-39-18-16-36/h4-6,9-14,19,25H,1-3,7-8,15-18,20H2. The molecule has 1 saturated carbocycles. The van der Waals surface area contributed by atoms with Gasteiger partial charge in [0, 0.05) is 31.4 Å². The number of ether oxygens (including phenoxy) is 1. The molecule has 0 spiro atoms. The van der Waals surface area contributed by atoms with Crippen LogP contribution in [-0.4, -0.2) is 43.2 Å². The van der Waals surface area contributed by atoms with Gasteiger partial charge in [-0.2, -0.15) is 0 Å². The summed E-state index contributed by atoms with van der Waals surface area (Å²) in [5.41, 5.74) is 4.37. The number of hydrogen-bond donors (Lipinski definition) is 0. The molecule has 1 amide bonds. The second kappa shape index (κ2) is 11.9. The van der Waals surface area contributed by atoms with Crippen LogP contribution in [0.4, 0.5) is 14.5 Å². The number of halogens is 3. The number of amides is 1. The second-order valence-corrected chi connectivity index (χ2v) is 11.9. The van der Waals surface area contributed by atoms with E-state index < -0.39 is 11.6 Å². The molecule has 208 valence electrons. The zero-order valence-corrected chi connectivity index (χ0v) is 23.7. The molecule has 1 aliphatic carbocycles. The van der Waals surface area contributed by atoms with Crippen molar-refractivity contribution in [3.63, 3.8) is 0 Å². The SMILES string of the molecule is O=C(c1sc2c(F)ccc(F)c2c1Cl)N(Cc1cccc(-c2ccc(N3CCOCC3)cc2)c1)C1CCCCC1. The minimum absolute atomic E-state index is 0.00285. The maximum absolute atomic E-state index is 14.6. The van der Waals surface area contributed by atoms with Crippen molar-refractivity contribution in [2.75, 3.05) is 31.2 Å². The van der Waals surface area contributed by atoms with E-state index in [2.05, 4.69) is 41.3 Å². The van der Waals surface area contributed by atoms with Gasteiger partial charge in [-0.1, -0.05) is 61.2 Å². The van der Waals surface area contributed by atoms with Gasteiger partial charge in [0.25, 0.3) is 5.91 Å². The molecule has 0 N–H and O–H groups in total. The number of thiophene rings is 1. The summed E-state index contributed by atoms with van der Waals surface area (Å²) in [6.45, 7) is 3.68. The number of benzene rings is 3. The van der Waals surface area contributed by atoms with Crippen LogP contribution < -0.4 is 4.90 Å². The first-order valence-corrected chi connectivity index (χ1v) is 15.1. The van der Waals surface area contributed by atoms with E-state index in [9.17, 15) is 13.6 Å². The van der Waals surface area contributed by atoms with Crippen molar-refractivity contribution in [1.82, 2.24) is 4.90 Å². The van der Waals surface area contributed by atoms with Crippen LogP contribution in [-0.2, 0) is 11.3 Å². The van der Waals surface area contributed by atoms with Crippen molar-refractivity contribution < 1.29 is 18.3 Å². The van der Waals surface area contributed by atoms with E-state index in [0.29, 0.717) is 6.54 Å². The van der Waals surface area contributed by atoms with E-state index >= 15 is 0 Å². The summed E-state index contributed by atoms with van der Waals surface area (Å²) < 4.78 is 34.6. The third kappa shape index (κ3) is 5.47. The number of morpholine rings is 1. The maximum Gasteiger partial charge on any atom is 0.266 e. The zero-order valence-electron chi connectivity index (χ0n) is 22.2. The monoisotopic (exact) mass is 580 g/mol. The van der Waals surface area contributed by atoms with Gasteiger partial charge in [-0.25, -0.2) is 8.78 Å². The van der Waals surface area contributed by atoms with Gasteiger partial charge in [0.1, 0.15) is 16.5 Å². The van der Waals surface area contributed by atoms with Gasteiger partial charge < -0.3 is 14.5 Å². The zero-order chi connectivity index (χ0) is 27.6. The molecule has 3 aromatic carbocycles. The average molecular weight is 581 g/mol. The number of rotatable bonds is 6. The van der Waals surface area contributed by atoms with Crippen LogP contribution in [0.15, 0.2) is 60.7 Å². The number of nitrogens with zero attached hydrogens (tertiary/aromatic N) is 2. The van der Waals surface area contributed by atoms with Crippen LogP contribution in [0.2, 0.25) is 5.02 Å². The molecular formula is C32H31ClF2N2O2S. The van der Waals surface area contributed by atoms with Crippen LogP contribution in [0, 0.1) is 11.6 Å². The van der Waals surface area contributed by atoms with Gasteiger partial charge in [0.05, 0.1) is 28.3 Å². The van der Waals surface area contributed by atoms with Crippen LogP contribution in [0.5, 0.6) is 0 Å². The summed E-state index contributed by atoms with van der Waals surface area (Å²) in [6, 6.07) is 19.0. The molecule has 0 bridgehead atoms. The summed E-state index contributed by atoms with van der Waals surface area (Å²) in [7, 11) is 0. The minimum Gasteiger partial charge on any atom is -0.378 e. The number of hydrogen-bond acceptors (Lipinski definition) is 4. The lowest BCUT2D eigenvalue weighted by Crippen LogP contribution is -2.40. The summed E-state index contributed by atoms with van der Waals surface area (Å²) in [5.74, 6) is -1.45. The van der Waals surface area contributed by atoms with Crippen molar-refractivity contribution in [2.45, 2.75) is 44.7 Å². The van der Waals surface area contributed by atoms with E-state index in [4.69, 9.17) is 16.3 Å². The summed E-state index contributed by atoms with van der Waals surface area (Å²) in [6.07, 6.45) is 5.05. The first-order valence-electron chi connectivity index (χ1n) is 13.9. The summed E-state index contributed by atoms with van der Waals surface area (Å²) in [5, 5.41) is -0.0157. The number of fused-ring (bicyclic) bond motifs is 1. The van der Waals surface area contributed by atoms with Gasteiger partial charge >= 0.3 is 0 Å². The molecule has 1 saturated heterocycles. The molecule has 40 heavy (non-hydrogen) atoms. The smallest absolute Gasteiger partial charge is 0.266 e. The van der Waals surface area contributed by atoms with Gasteiger partial charge in [0.15, 0.2) is 0 Å². The molecule has 1 aliphatic heterocycles. The Morgan fingerprint density at radius 2 is 1.68 bits per heavy atom. The first-order chi connectivity index (χ1) is 19.5. The molecule has 2 heterocycles. The van der Waals surface area contributed by atoms with Gasteiger partial charge in [0.2, 0.25) is 0 Å². The second-order valence-electron chi connectivity index (χ2n) is 10.6. The molecule has 2 fully saturated rings. The number of carbonyl (C=O) groups excluding carboxylic acids is 1. The topological polar surface area (TPSA) is 32.8 Å². The van der Waals surface area contributed by atoms with Crippen LogP contribution in [0.3, 0.4) is 0 Å². The Kier molecular flexibility index (Phi) is 8.05. The lowest BCUT2D eigenvalue weighted by atomic mass is 9.93. The normalized spacial score (nSPS) is 16.4. The third-order valence-electron chi connectivity index (χ3n) is 8.01. The Hall–Kier alpha value is -3.00. The van der Waals surface area contributed by atoms with E-state index in [0.717, 1.165) is 98.6 Å². The fourth-order valence-corrected chi connectivity index (χ4v) is 7.36. The van der Waals surface area contributed by atoms with Gasteiger partial charge in [-0.3, -0.25) is 4.79 Å². The summed E-state index contributed by atoms with van der Waals surface area (Å²) >= 11 is 7.47. The molecular weight excluding hydrogens is 550 g/mol. The lowest BCUT2D eigenvalue weighted by molar-refractivity contribution is 0.0619. The fraction of sp³-hybridized carbons (Fsp3) is 0.344. The highest BCUT2D eigenvalue weighted by Crippen LogP contribution is 2.40. The summed E-state index contributed by atoms with van der Waals surface area (Å²) in [4.78, 5) is 18.4. The highest BCUT2D eigenvalue weighted by molar-refractivity contribution is 7.21. The Labute approximate surface area is 242 Å². The molecule has 2 aliphatic rings. The molecule has 6 rings (SSSR count). The van der Waals surface area contributed by atoms with Gasteiger partial charge in [-0.15, -0.1) is 11.3 Å². The molecule has 0 radical (unpaired) electrons. The quantitative estimate of drug-likeness (QED) is 0.230. The highest BCUT2D eigenvalue weighted by atomic mass is 35.5. The third-order valence-corrected chi connectivity index (χ3v) is 9.69. The Morgan fingerprint density at radius 1 is 0.950 bits per heavy atom. The van der Waals surface area contributed by atoms with E-state index in [1.165, 1.54) is 5.69 Å². The van der Waals surface area contributed by atoms with Crippen LogP contribution in [0.1, 0.15) is 47.3 Å². The largest absolute Gasteiger partial charge is 0.378 e. The molecule has 1 aromatic heterocycles. The van der Waals surface area contributed by atoms with Crippen molar-refractivity contribution in [3.8, 4) is 11.1 Å². The Bertz CT molecular complexity index is 1510. The molecule has 8 heteroatoms. The maximum atomic E-state index is 14.6. The Morgan fingerprint density at radius 3 is 2.40 bits per heavy atom. The van der Waals surface area contributed by atoms with E-state index in [-0.39, 0.29) is 31.9 Å². The lowest BCUT2D eigenvalue weighted by Gasteiger charge is -2.34. The van der Waals surface area contributed by atoms with Crippen molar-refractivity contribution in [2.24, 2.45) is 0 Å². The van der Waals surface area contributed by atoms with Crippen molar-refractivity contribution in [3.05, 3.63) is 87.8 Å². The molecule has 4 aromatic rings. The average Bonchev–Trinajstić information content (AvgIpc) is 3.37. The van der Waals surface area contributed by atoms with Crippen molar-refractivity contribution >= 4 is 44.6 Å². The number of carbonyl (C=O) groups is 1. The predicted octanol–water partition coefficient (Wildman–Crippen LogP) is 8.31. The highest BCUT2D eigenvalue weighted by Gasteiger charge is 2.31. The Balaban J connectivity index is 1.29. The number of anilines is 1. The first kappa shape index (κ1) is 27.2. The predicted molar refractivity (Wildman–Crippen MR) is 158 cm³/mol. The van der Waals surface area contributed by atoms with Crippen molar-refractivity contribution in [1.29, 1.82) is 0 Å². The van der Waals surface area contributed by atoms with Crippen LogP contribution >= 0.6 is 22.9 Å². The fourth-order valence-electron chi connectivity index (χ4n) is 5.86. The minimum atomic E-state index is -0.617. The van der Waals surface area contributed by atoms with Gasteiger partial charge in [-0.05, 0) is 59.9 Å². The molecule has 0 unspecified atom stereocenters. The van der Waals surface area contributed by atoms with E-state index in [1.54, 1.807) is 0 Å². The molecule has 4 nitrogen and oxygen atoms in total. The van der Waals surface area contributed by atoms with Crippen LogP contribution in [0.25, 0.3) is 21.2 Å². The van der Waals surface area contributed by atoms with E-state index in [1.807, 2.05) is 17.0 Å².